The number of hydrogen-bond donors (Lipinski definition) is 2. The fourth-order valence-corrected chi connectivity index (χ4v) is 4.28. The van der Waals surface area contributed by atoms with E-state index in [-0.39, 0.29) is 24.1 Å². The first-order valence-corrected chi connectivity index (χ1v) is 10.2. The van der Waals surface area contributed by atoms with Crippen molar-refractivity contribution in [2.24, 2.45) is 5.10 Å². The van der Waals surface area contributed by atoms with Crippen LogP contribution in [-0.4, -0.2) is 57.2 Å². The molecule has 0 spiro atoms. The lowest BCUT2D eigenvalue weighted by atomic mass is 9.94. The van der Waals surface area contributed by atoms with E-state index in [4.69, 9.17) is 4.74 Å². The molecule has 2 N–H and O–H groups in total. The highest BCUT2D eigenvalue weighted by molar-refractivity contribution is 5.97. The molecule has 0 radical (unpaired) electrons. The number of H-pyrrole nitrogens is 1. The first-order valence-electron chi connectivity index (χ1n) is 10.2. The van der Waals surface area contributed by atoms with Gasteiger partial charge in [0.25, 0.3) is 5.91 Å². The van der Waals surface area contributed by atoms with Crippen molar-refractivity contribution in [3.8, 4) is 11.5 Å². The maximum absolute atomic E-state index is 13.2. The third-order valence-corrected chi connectivity index (χ3v) is 5.78. The number of carbonyl (C=O) groups is 2. The van der Waals surface area contributed by atoms with Crippen molar-refractivity contribution in [1.82, 2.24) is 14.9 Å². The lowest BCUT2D eigenvalue weighted by Crippen LogP contribution is -2.60. The number of aromatic hydroxyl groups is 1. The molecule has 1 atom stereocenters. The molecule has 8 heteroatoms. The zero-order valence-electron chi connectivity index (χ0n) is 17.0. The smallest absolute Gasteiger partial charge is 0.266 e. The van der Waals surface area contributed by atoms with Crippen LogP contribution < -0.4 is 4.74 Å². The third kappa shape index (κ3) is 3.30. The maximum Gasteiger partial charge on any atom is 0.266 e. The van der Waals surface area contributed by atoms with Crippen molar-refractivity contribution in [3.05, 3.63) is 59.3 Å². The number of nitrogens with one attached hydrogen (secondary N) is 1. The van der Waals surface area contributed by atoms with Gasteiger partial charge in [0.1, 0.15) is 12.6 Å². The van der Waals surface area contributed by atoms with Crippen LogP contribution in [0.2, 0.25) is 0 Å². The molecule has 8 nitrogen and oxygen atoms in total. The van der Waals surface area contributed by atoms with Crippen LogP contribution in [0.1, 0.15) is 23.7 Å². The van der Waals surface area contributed by atoms with Gasteiger partial charge in [0.15, 0.2) is 11.5 Å². The van der Waals surface area contributed by atoms with Crippen molar-refractivity contribution in [3.63, 3.8) is 0 Å². The molecule has 1 fully saturated rings. The first kappa shape index (κ1) is 19.2. The van der Waals surface area contributed by atoms with E-state index >= 15 is 0 Å². The van der Waals surface area contributed by atoms with Gasteiger partial charge in [-0.25, -0.2) is 5.01 Å². The van der Waals surface area contributed by atoms with Crippen molar-refractivity contribution in [2.45, 2.75) is 25.9 Å². The van der Waals surface area contributed by atoms with Gasteiger partial charge in [-0.1, -0.05) is 18.2 Å². The molecule has 0 saturated carbocycles. The Labute approximate surface area is 178 Å². The Balaban J connectivity index is 1.40. The minimum absolute atomic E-state index is 0.0376. The highest BCUT2D eigenvalue weighted by Gasteiger charge is 2.43. The second-order valence-electron chi connectivity index (χ2n) is 7.67. The monoisotopic (exact) mass is 418 g/mol. The molecule has 5 rings (SSSR count). The maximum atomic E-state index is 13.2. The standard InChI is InChI=1S/C23H22N4O4/c1-2-31-21-9-14(7-8-20(21)28)11-24-27-13-22(29)26-12-18-16(10-19(26)23(27)30)15-5-3-4-6-17(15)25-18/h3-9,11,19,25,28H,2,10,12-13H2,1H3/b24-11-/t19-/m0/s1. The van der Waals surface area contributed by atoms with Gasteiger partial charge in [-0.05, 0) is 42.3 Å². The Morgan fingerprint density at radius 1 is 1.23 bits per heavy atom. The molecule has 1 saturated heterocycles. The molecule has 158 valence electrons. The van der Waals surface area contributed by atoms with Gasteiger partial charge in [-0.15, -0.1) is 0 Å². The summed E-state index contributed by atoms with van der Waals surface area (Å²) in [6, 6.07) is 12.2. The van der Waals surface area contributed by atoms with Gasteiger partial charge in [0.05, 0.1) is 19.4 Å². The van der Waals surface area contributed by atoms with Crippen LogP contribution in [0.4, 0.5) is 0 Å². The number of ether oxygens (including phenoxy) is 1. The predicted octanol–water partition coefficient (Wildman–Crippen LogP) is 2.40. The number of aromatic amines is 1. The number of phenols is 1. The SMILES string of the molecule is CCOc1cc(/C=N\N2CC(=O)N3Cc4[nH]c5ccccc5c4C[C@H]3C2=O)ccc1O. The molecule has 2 amide bonds. The quantitative estimate of drug-likeness (QED) is 0.636. The van der Waals surface area contributed by atoms with Crippen LogP contribution in [-0.2, 0) is 22.6 Å². The Hall–Kier alpha value is -3.81. The number of phenolic OH excluding ortho intramolecular Hbond substituents is 1. The summed E-state index contributed by atoms with van der Waals surface area (Å²) in [5.41, 5.74) is 3.75. The summed E-state index contributed by atoms with van der Waals surface area (Å²) in [6.07, 6.45) is 1.96. The van der Waals surface area contributed by atoms with Gasteiger partial charge in [0, 0.05) is 23.0 Å². The Bertz CT molecular complexity index is 1220. The van der Waals surface area contributed by atoms with Gasteiger partial charge >= 0.3 is 0 Å². The van der Waals surface area contributed by atoms with E-state index in [1.165, 1.54) is 17.3 Å². The molecule has 2 aliphatic rings. The van der Waals surface area contributed by atoms with Gasteiger partial charge in [0.2, 0.25) is 5.91 Å². The minimum Gasteiger partial charge on any atom is -0.504 e. The number of fused-ring (bicyclic) bond motifs is 4. The van der Waals surface area contributed by atoms with Crippen LogP contribution in [0.15, 0.2) is 47.6 Å². The molecule has 0 aliphatic carbocycles. The Morgan fingerprint density at radius 3 is 2.90 bits per heavy atom. The van der Waals surface area contributed by atoms with Crippen molar-refractivity contribution in [1.29, 1.82) is 0 Å². The summed E-state index contributed by atoms with van der Waals surface area (Å²) >= 11 is 0. The topological polar surface area (TPSA) is 98.2 Å². The number of benzene rings is 2. The summed E-state index contributed by atoms with van der Waals surface area (Å²) < 4.78 is 5.38. The second-order valence-corrected chi connectivity index (χ2v) is 7.67. The number of hydrogen-bond acceptors (Lipinski definition) is 5. The largest absolute Gasteiger partial charge is 0.504 e. The molecule has 3 heterocycles. The Kier molecular flexibility index (Phi) is 4.62. The molecule has 2 aliphatic heterocycles. The number of rotatable bonds is 4. The normalized spacial score (nSPS) is 18.5. The van der Waals surface area contributed by atoms with Gasteiger partial charge in [-0.3, -0.25) is 9.59 Å². The highest BCUT2D eigenvalue weighted by Crippen LogP contribution is 2.32. The Morgan fingerprint density at radius 2 is 2.06 bits per heavy atom. The van der Waals surface area contributed by atoms with E-state index in [2.05, 4.69) is 10.1 Å². The van der Waals surface area contributed by atoms with Crippen molar-refractivity contribution >= 4 is 28.9 Å². The number of carbonyl (C=O) groups excluding carboxylic acids is 2. The lowest BCUT2D eigenvalue weighted by molar-refractivity contribution is -0.157. The van der Waals surface area contributed by atoms with Gasteiger partial charge < -0.3 is 19.7 Å². The van der Waals surface area contributed by atoms with E-state index in [0.717, 1.165) is 22.2 Å². The van der Waals surface area contributed by atoms with E-state index in [1.807, 2.05) is 31.2 Å². The van der Waals surface area contributed by atoms with Crippen LogP contribution in [0.3, 0.4) is 0 Å². The number of aromatic nitrogens is 1. The van der Waals surface area contributed by atoms with E-state index in [0.29, 0.717) is 30.9 Å². The van der Waals surface area contributed by atoms with Crippen LogP contribution in [0.5, 0.6) is 11.5 Å². The van der Waals surface area contributed by atoms with Crippen molar-refractivity contribution < 1.29 is 19.4 Å². The summed E-state index contributed by atoms with van der Waals surface area (Å²) in [4.78, 5) is 31.0. The third-order valence-electron chi connectivity index (χ3n) is 5.78. The second kappa shape index (κ2) is 7.46. The molecular weight excluding hydrogens is 396 g/mol. The zero-order chi connectivity index (χ0) is 21.5. The fourth-order valence-electron chi connectivity index (χ4n) is 4.28. The van der Waals surface area contributed by atoms with Crippen LogP contribution in [0.25, 0.3) is 10.9 Å². The van der Waals surface area contributed by atoms with Crippen LogP contribution >= 0.6 is 0 Å². The summed E-state index contributed by atoms with van der Waals surface area (Å²) in [5, 5.41) is 16.4. The molecule has 2 aromatic carbocycles. The molecule has 31 heavy (non-hydrogen) atoms. The average Bonchev–Trinajstić information content (AvgIpc) is 3.14. The molecule has 0 unspecified atom stereocenters. The zero-order valence-corrected chi connectivity index (χ0v) is 17.0. The van der Waals surface area contributed by atoms with E-state index in [9.17, 15) is 14.7 Å². The van der Waals surface area contributed by atoms with Crippen LogP contribution in [0, 0.1) is 0 Å². The molecule has 1 aromatic heterocycles. The molecule has 0 bridgehead atoms. The average molecular weight is 418 g/mol. The number of nitrogens with zero attached hydrogens (tertiary/aromatic N) is 3. The predicted molar refractivity (Wildman–Crippen MR) is 115 cm³/mol. The summed E-state index contributed by atoms with van der Waals surface area (Å²) in [5.74, 6) is 0.0517. The van der Waals surface area contributed by atoms with E-state index in [1.54, 1.807) is 17.0 Å². The van der Waals surface area contributed by atoms with Gasteiger partial charge in [-0.2, -0.15) is 5.10 Å². The number of amides is 2. The lowest BCUT2D eigenvalue weighted by Gasteiger charge is -2.40. The summed E-state index contributed by atoms with van der Waals surface area (Å²) in [6.45, 7) is 2.54. The fraction of sp³-hybridized carbons (Fsp3) is 0.261. The van der Waals surface area contributed by atoms with E-state index < -0.39 is 6.04 Å². The molecular formula is C23H22N4O4. The molecule has 3 aromatic rings. The highest BCUT2D eigenvalue weighted by atomic mass is 16.5. The minimum atomic E-state index is -0.566. The first-order chi connectivity index (χ1) is 15.0. The van der Waals surface area contributed by atoms with Crippen molar-refractivity contribution in [2.75, 3.05) is 13.2 Å². The number of piperazine rings is 1. The number of hydrazone groups is 1. The number of para-hydroxylation sites is 1. The summed E-state index contributed by atoms with van der Waals surface area (Å²) in [7, 11) is 0.